The van der Waals surface area contributed by atoms with Gasteiger partial charge in [0.15, 0.2) is 11.5 Å². The predicted molar refractivity (Wildman–Crippen MR) is 125 cm³/mol. The highest BCUT2D eigenvalue weighted by Gasteiger charge is 2.14. The molecule has 0 saturated heterocycles. The quantitative estimate of drug-likeness (QED) is 0.380. The summed E-state index contributed by atoms with van der Waals surface area (Å²) in [5.41, 5.74) is 1.51. The smallest absolute Gasteiger partial charge is 0.260 e. The Hall–Kier alpha value is -3.02. The van der Waals surface area contributed by atoms with E-state index in [1.165, 1.54) is 23.1 Å². The van der Waals surface area contributed by atoms with Crippen molar-refractivity contribution in [3.8, 4) is 10.4 Å². The fraction of sp³-hybridized carbons (Fsp3) is 0.150. The van der Waals surface area contributed by atoms with Crippen molar-refractivity contribution in [3.63, 3.8) is 0 Å². The van der Waals surface area contributed by atoms with Crippen LogP contribution in [0, 0.1) is 0 Å². The lowest BCUT2D eigenvalue weighted by atomic mass is 10.2. The van der Waals surface area contributed by atoms with Crippen LogP contribution in [0.15, 0.2) is 52.1 Å². The Balaban J connectivity index is 1.19. The average molecular weight is 469 g/mol. The van der Waals surface area contributed by atoms with E-state index in [0.717, 1.165) is 16.1 Å². The molecule has 0 aliphatic heterocycles. The molecule has 0 saturated carbocycles. The highest BCUT2D eigenvalue weighted by molar-refractivity contribution is 7.99. The summed E-state index contributed by atoms with van der Waals surface area (Å²) < 4.78 is 1.84. The summed E-state index contributed by atoms with van der Waals surface area (Å²) in [7, 11) is 0. The van der Waals surface area contributed by atoms with Gasteiger partial charge in [0.1, 0.15) is 10.7 Å². The molecule has 156 valence electrons. The number of rotatable bonds is 7. The first-order valence-corrected chi connectivity index (χ1v) is 12.3. The molecular formula is C20H16N6O2S3. The molecule has 0 radical (unpaired) electrons. The number of H-pyrrole nitrogens is 1. The summed E-state index contributed by atoms with van der Waals surface area (Å²) in [4.78, 5) is 34.0. The van der Waals surface area contributed by atoms with Crippen LogP contribution in [0.2, 0.25) is 0 Å². The number of carbonyl (C=O) groups excluding carboxylic acids is 1. The van der Waals surface area contributed by atoms with Gasteiger partial charge in [0.05, 0.1) is 23.4 Å². The minimum Gasteiger partial charge on any atom is -0.348 e. The molecule has 0 aliphatic carbocycles. The van der Waals surface area contributed by atoms with E-state index in [4.69, 9.17) is 0 Å². The standard InChI is InChI=1S/C20H16N6O2S3/c27-17(21-8-16-25-24-15-5-1-2-6-26(15)16)11-29-10-14-22-19(28)18-12(9-31-20(18)23-14)13-4-3-7-30-13/h1-7,9H,8,10-11H2,(H,21,27)(H,22,23,28). The van der Waals surface area contributed by atoms with E-state index in [-0.39, 0.29) is 17.2 Å². The van der Waals surface area contributed by atoms with Crippen molar-refractivity contribution in [3.05, 3.63) is 69.3 Å². The minimum absolute atomic E-state index is 0.114. The third kappa shape index (κ3) is 4.11. The molecule has 2 N–H and O–H groups in total. The second-order valence-electron chi connectivity index (χ2n) is 6.63. The fourth-order valence-corrected chi connectivity index (χ4v) is 5.66. The first-order valence-electron chi connectivity index (χ1n) is 9.36. The Kier molecular flexibility index (Phi) is 5.53. The van der Waals surface area contributed by atoms with Gasteiger partial charge in [0.2, 0.25) is 5.91 Å². The Morgan fingerprint density at radius 1 is 1.19 bits per heavy atom. The first kappa shape index (κ1) is 19.9. The summed E-state index contributed by atoms with van der Waals surface area (Å²) in [6.07, 6.45) is 1.86. The molecule has 0 unspecified atom stereocenters. The van der Waals surface area contributed by atoms with Crippen molar-refractivity contribution >= 4 is 56.2 Å². The highest BCUT2D eigenvalue weighted by atomic mass is 32.2. The molecular weight excluding hydrogens is 452 g/mol. The maximum absolute atomic E-state index is 12.6. The lowest BCUT2D eigenvalue weighted by Gasteiger charge is -2.05. The molecule has 31 heavy (non-hydrogen) atoms. The number of hydrogen-bond acceptors (Lipinski definition) is 8. The number of nitrogens with one attached hydrogen (secondary N) is 2. The fourth-order valence-electron chi connectivity index (χ4n) is 3.16. The number of thiophene rings is 2. The number of aromatic nitrogens is 5. The Bertz CT molecular complexity index is 1420. The van der Waals surface area contributed by atoms with Crippen molar-refractivity contribution in [1.29, 1.82) is 0 Å². The van der Waals surface area contributed by atoms with Crippen molar-refractivity contribution in [2.75, 3.05) is 5.75 Å². The molecule has 0 atom stereocenters. The molecule has 11 heteroatoms. The maximum atomic E-state index is 12.6. The number of carbonyl (C=O) groups is 1. The third-order valence-electron chi connectivity index (χ3n) is 4.58. The van der Waals surface area contributed by atoms with E-state index in [1.54, 1.807) is 11.3 Å². The normalized spacial score (nSPS) is 11.4. The SMILES string of the molecule is O=C(CSCc1nc2scc(-c3cccs3)c2c(=O)[nH]1)NCc1nnc2ccccn12. The van der Waals surface area contributed by atoms with Gasteiger partial charge in [-0.05, 0) is 23.6 Å². The first-order chi connectivity index (χ1) is 15.2. The zero-order valence-electron chi connectivity index (χ0n) is 16.1. The molecule has 5 heterocycles. The molecule has 5 aromatic heterocycles. The average Bonchev–Trinajstić information content (AvgIpc) is 3.51. The van der Waals surface area contributed by atoms with Crippen molar-refractivity contribution in [2.24, 2.45) is 0 Å². The number of aromatic amines is 1. The zero-order valence-corrected chi connectivity index (χ0v) is 18.5. The van der Waals surface area contributed by atoms with Crippen LogP contribution in [-0.4, -0.2) is 36.2 Å². The summed E-state index contributed by atoms with van der Waals surface area (Å²) in [5.74, 6) is 1.82. The highest BCUT2D eigenvalue weighted by Crippen LogP contribution is 2.33. The number of fused-ring (bicyclic) bond motifs is 2. The molecule has 5 aromatic rings. The molecule has 0 fully saturated rings. The topological polar surface area (TPSA) is 105 Å². The van der Waals surface area contributed by atoms with Gasteiger partial charge in [-0.15, -0.1) is 44.6 Å². The van der Waals surface area contributed by atoms with Crippen LogP contribution in [-0.2, 0) is 17.1 Å². The van der Waals surface area contributed by atoms with Gasteiger partial charge >= 0.3 is 0 Å². The maximum Gasteiger partial charge on any atom is 0.260 e. The summed E-state index contributed by atoms with van der Waals surface area (Å²) >= 11 is 4.45. The second kappa shape index (κ2) is 8.61. The number of nitrogens with zero attached hydrogens (tertiary/aromatic N) is 4. The van der Waals surface area contributed by atoms with E-state index in [0.29, 0.717) is 34.2 Å². The van der Waals surface area contributed by atoms with Gasteiger partial charge in [0.25, 0.3) is 5.56 Å². The van der Waals surface area contributed by atoms with E-state index in [1.807, 2.05) is 51.7 Å². The van der Waals surface area contributed by atoms with Crippen molar-refractivity contribution in [2.45, 2.75) is 12.3 Å². The molecule has 5 rings (SSSR count). The molecule has 8 nitrogen and oxygen atoms in total. The zero-order chi connectivity index (χ0) is 21.2. The lowest BCUT2D eigenvalue weighted by molar-refractivity contribution is -0.118. The predicted octanol–water partition coefficient (Wildman–Crippen LogP) is 3.31. The van der Waals surface area contributed by atoms with Crippen LogP contribution < -0.4 is 10.9 Å². The number of thioether (sulfide) groups is 1. The van der Waals surface area contributed by atoms with Gasteiger partial charge in [-0.25, -0.2) is 4.98 Å². The number of amides is 1. The Morgan fingerprint density at radius 3 is 3.00 bits per heavy atom. The summed E-state index contributed by atoms with van der Waals surface area (Å²) in [5, 5.41) is 15.6. The lowest BCUT2D eigenvalue weighted by Crippen LogP contribution is -2.25. The third-order valence-corrected chi connectivity index (χ3v) is 7.30. The largest absolute Gasteiger partial charge is 0.348 e. The van der Waals surface area contributed by atoms with Gasteiger partial charge in [-0.3, -0.25) is 14.0 Å². The molecule has 0 aromatic carbocycles. The van der Waals surface area contributed by atoms with E-state index >= 15 is 0 Å². The Morgan fingerprint density at radius 2 is 2.13 bits per heavy atom. The van der Waals surface area contributed by atoms with Crippen molar-refractivity contribution < 1.29 is 4.79 Å². The van der Waals surface area contributed by atoms with Gasteiger partial charge in [0, 0.05) is 22.0 Å². The summed E-state index contributed by atoms with van der Waals surface area (Å²) in [6.45, 7) is 0.298. The van der Waals surface area contributed by atoms with Gasteiger partial charge in [-0.2, -0.15) is 0 Å². The molecule has 0 aliphatic rings. The van der Waals surface area contributed by atoms with Crippen LogP contribution in [0.4, 0.5) is 0 Å². The second-order valence-corrected chi connectivity index (χ2v) is 9.43. The van der Waals surface area contributed by atoms with Crippen molar-refractivity contribution in [1.82, 2.24) is 29.9 Å². The Labute approximate surface area is 188 Å². The molecule has 0 spiro atoms. The van der Waals surface area contributed by atoms with Crippen LogP contribution in [0.25, 0.3) is 26.3 Å². The van der Waals surface area contributed by atoms with Crippen LogP contribution in [0.1, 0.15) is 11.6 Å². The van der Waals surface area contributed by atoms with Crippen LogP contribution in [0.5, 0.6) is 0 Å². The van der Waals surface area contributed by atoms with E-state index in [9.17, 15) is 9.59 Å². The molecule has 0 bridgehead atoms. The monoisotopic (exact) mass is 468 g/mol. The van der Waals surface area contributed by atoms with E-state index in [2.05, 4.69) is 25.5 Å². The summed E-state index contributed by atoms with van der Waals surface area (Å²) in [6, 6.07) is 9.59. The molecule has 1 amide bonds. The van der Waals surface area contributed by atoms with E-state index < -0.39 is 0 Å². The number of hydrogen-bond donors (Lipinski definition) is 2. The van der Waals surface area contributed by atoms with Gasteiger partial charge < -0.3 is 10.3 Å². The minimum atomic E-state index is -0.145. The number of pyridine rings is 1. The van der Waals surface area contributed by atoms with Gasteiger partial charge in [-0.1, -0.05) is 12.1 Å². The van der Waals surface area contributed by atoms with Crippen LogP contribution in [0.3, 0.4) is 0 Å². The van der Waals surface area contributed by atoms with Crippen LogP contribution >= 0.6 is 34.4 Å².